The lowest BCUT2D eigenvalue weighted by Crippen LogP contribution is -2.24. The molecule has 0 saturated carbocycles. The van der Waals surface area contributed by atoms with E-state index in [9.17, 15) is 18.3 Å². The Kier molecular flexibility index (Phi) is 5.50. The van der Waals surface area contributed by atoms with E-state index in [-0.39, 0.29) is 5.75 Å². The number of aliphatic hydroxyl groups is 1. The lowest BCUT2D eigenvalue weighted by Gasteiger charge is -2.31. The highest BCUT2D eigenvalue weighted by Gasteiger charge is 2.33. The van der Waals surface area contributed by atoms with E-state index in [2.05, 4.69) is 17.4 Å². The second kappa shape index (κ2) is 7.07. The third-order valence-electron chi connectivity index (χ3n) is 3.89. The van der Waals surface area contributed by atoms with E-state index in [1.54, 1.807) is 32.9 Å². The molecule has 0 aliphatic rings. The Balaban J connectivity index is 2.35. The molecule has 0 aliphatic carbocycles. The number of rotatable bonds is 5. The highest BCUT2D eigenvalue weighted by Crippen LogP contribution is 2.42. The standard InChI is InChI=1S/C18H19F3O2S/c1-10-6-13(9-14(19)7-10)18(3,24)16(22)12-4-5-15(11(2)8-12)23-17(20)21/h4-9,16-17,22,24H,1-3H3. The summed E-state index contributed by atoms with van der Waals surface area (Å²) < 4.78 is 41.6. The van der Waals surface area contributed by atoms with Gasteiger partial charge in [0.2, 0.25) is 0 Å². The summed E-state index contributed by atoms with van der Waals surface area (Å²) in [6, 6.07) is 8.89. The van der Waals surface area contributed by atoms with Crippen molar-refractivity contribution in [3.05, 3.63) is 64.5 Å². The Hall–Kier alpha value is -1.66. The summed E-state index contributed by atoms with van der Waals surface area (Å²) in [7, 11) is 0. The van der Waals surface area contributed by atoms with Crippen LogP contribution in [-0.2, 0) is 4.75 Å². The van der Waals surface area contributed by atoms with Crippen molar-refractivity contribution in [3.8, 4) is 5.75 Å². The van der Waals surface area contributed by atoms with Gasteiger partial charge in [0.1, 0.15) is 11.6 Å². The summed E-state index contributed by atoms with van der Waals surface area (Å²) in [5.74, 6) is -0.363. The predicted octanol–water partition coefficient (Wildman–Crippen LogP) is 4.92. The summed E-state index contributed by atoms with van der Waals surface area (Å²) >= 11 is 4.52. The van der Waals surface area contributed by atoms with Gasteiger partial charge in [0.05, 0.1) is 10.9 Å². The van der Waals surface area contributed by atoms with Gasteiger partial charge in [-0.2, -0.15) is 21.4 Å². The van der Waals surface area contributed by atoms with Crippen molar-refractivity contribution in [2.24, 2.45) is 0 Å². The van der Waals surface area contributed by atoms with E-state index >= 15 is 0 Å². The zero-order valence-corrected chi connectivity index (χ0v) is 14.4. The third kappa shape index (κ3) is 4.05. The first-order valence-electron chi connectivity index (χ1n) is 7.34. The minimum Gasteiger partial charge on any atom is -0.435 e. The fourth-order valence-electron chi connectivity index (χ4n) is 2.58. The van der Waals surface area contributed by atoms with Gasteiger partial charge in [-0.05, 0) is 67.3 Å². The molecular formula is C18H19F3O2S. The normalized spacial score (nSPS) is 15.2. The Labute approximate surface area is 144 Å². The first kappa shape index (κ1) is 18.7. The zero-order chi connectivity index (χ0) is 18.1. The van der Waals surface area contributed by atoms with Crippen LogP contribution in [0.1, 0.15) is 35.3 Å². The number of halogens is 3. The highest BCUT2D eigenvalue weighted by atomic mass is 32.1. The molecule has 2 rings (SSSR count). The van der Waals surface area contributed by atoms with Crippen molar-refractivity contribution >= 4 is 12.6 Å². The molecule has 2 atom stereocenters. The predicted molar refractivity (Wildman–Crippen MR) is 90.2 cm³/mol. The number of hydrogen-bond acceptors (Lipinski definition) is 3. The van der Waals surface area contributed by atoms with Crippen molar-refractivity contribution in [3.63, 3.8) is 0 Å². The van der Waals surface area contributed by atoms with Crippen LogP contribution in [0.5, 0.6) is 5.75 Å². The molecule has 0 radical (unpaired) electrons. The molecule has 0 heterocycles. The molecule has 2 nitrogen and oxygen atoms in total. The number of hydrogen-bond donors (Lipinski definition) is 2. The van der Waals surface area contributed by atoms with Crippen molar-refractivity contribution < 1.29 is 23.0 Å². The van der Waals surface area contributed by atoms with Gasteiger partial charge in [-0.3, -0.25) is 0 Å². The number of aliphatic hydroxyl groups excluding tert-OH is 1. The van der Waals surface area contributed by atoms with Crippen LogP contribution in [0.3, 0.4) is 0 Å². The highest BCUT2D eigenvalue weighted by molar-refractivity contribution is 7.81. The van der Waals surface area contributed by atoms with Crippen LogP contribution in [0, 0.1) is 19.7 Å². The largest absolute Gasteiger partial charge is 0.435 e. The van der Waals surface area contributed by atoms with Crippen LogP contribution in [0.4, 0.5) is 13.2 Å². The molecular weight excluding hydrogens is 337 g/mol. The molecule has 130 valence electrons. The molecule has 6 heteroatoms. The van der Waals surface area contributed by atoms with Gasteiger partial charge in [-0.1, -0.05) is 12.1 Å². The first-order chi connectivity index (χ1) is 11.1. The van der Waals surface area contributed by atoms with Crippen molar-refractivity contribution in [2.75, 3.05) is 0 Å². The number of thiol groups is 1. The second-order valence-corrected chi connectivity index (χ2v) is 6.90. The molecule has 2 unspecified atom stereocenters. The molecule has 0 fully saturated rings. The van der Waals surface area contributed by atoms with Crippen LogP contribution in [0.2, 0.25) is 0 Å². The molecule has 0 bridgehead atoms. The van der Waals surface area contributed by atoms with Crippen LogP contribution in [-0.4, -0.2) is 11.7 Å². The van der Waals surface area contributed by atoms with E-state index in [1.165, 1.54) is 24.3 Å². The minimum atomic E-state index is -2.91. The Bertz CT molecular complexity index is 712. The zero-order valence-electron chi connectivity index (χ0n) is 13.6. The van der Waals surface area contributed by atoms with Gasteiger partial charge in [-0.25, -0.2) is 4.39 Å². The molecule has 2 aromatic rings. The Morgan fingerprint density at radius 3 is 2.33 bits per heavy atom. The van der Waals surface area contributed by atoms with Gasteiger partial charge in [0.15, 0.2) is 0 Å². The maximum atomic E-state index is 13.7. The van der Waals surface area contributed by atoms with E-state index in [0.29, 0.717) is 22.3 Å². The van der Waals surface area contributed by atoms with E-state index in [1.807, 2.05) is 0 Å². The topological polar surface area (TPSA) is 29.5 Å². The maximum absolute atomic E-state index is 13.7. The van der Waals surface area contributed by atoms with E-state index in [0.717, 1.165) is 0 Å². The van der Waals surface area contributed by atoms with Crippen molar-refractivity contribution in [1.82, 2.24) is 0 Å². The van der Waals surface area contributed by atoms with Crippen molar-refractivity contribution in [2.45, 2.75) is 38.2 Å². The van der Waals surface area contributed by atoms with Gasteiger partial charge in [-0.15, -0.1) is 0 Å². The van der Waals surface area contributed by atoms with Gasteiger partial charge >= 0.3 is 6.61 Å². The maximum Gasteiger partial charge on any atom is 0.387 e. The molecule has 2 aromatic carbocycles. The molecule has 1 N–H and O–H groups in total. The van der Waals surface area contributed by atoms with E-state index in [4.69, 9.17) is 0 Å². The lowest BCUT2D eigenvalue weighted by atomic mass is 9.88. The van der Waals surface area contributed by atoms with Gasteiger partial charge in [0.25, 0.3) is 0 Å². The average Bonchev–Trinajstić information content (AvgIpc) is 2.47. The molecule has 0 saturated heterocycles. The summed E-state index contributed by atoms with van der Waals surface area (Å²) in [5.41, 5.74) is 2.19. The quantitative estimate of drug-likeness (QED) is 0.745. The van der Waals surface area contributed by atoms with Gasteiger partial charge in [0, 0.05) is 0 Å². The number of ether oxygens (including phenoxy) is 1. The summed E-state index contributed by atoms with van der Waals surface area (Å²) in [5, 5.41) is 10.7. The SMILES string of the molecule is Cc1cc(F)cc(C(C)(S)C(O)c2ccc(OC(F)F)c(C)c2)c1. The van der Waals surface area contributed by atoms with Crippen LogP contribution < -0.4 is 4.74 Å². The minimum absolute atomic E-state index is 0.0448. The second-order valence-electron chi connectivity index (χ2n) is 5.97. The lowest BCUT2D eigenvalue weighted by molar-refractivity contribution is -0.0503. The molecule has 0 aromatic heterocycles. The summed E-state index contributed by atoms with van der Waals surface area (Å²) in [4.78, 5) is 0. The number of alkyl halides is 2. The summed E-state index contributed by atoms with van der Waals surface area (Å²) in [6.45, 7) is 2.12. The molecule has 0 aliphatic heterocycles. The molecule has 0 spiro atoms. The Morgan fingerprint density at radius 1 is 1.12 bits per heavy atom. The Morgan fingerprint density at radius 2 is 1.79 bits per heavy atom. The van der Waals surface area contributed by atoms with Crippen LogP contribution >= 0.6 is 12.6 Å². The fraction of sp³-hybridized carbons (Fsp3) is 0.333. The summed E-state index contributed by atoms with van der Waals surface area (Å²) in [6.07, 6.45) is -1.07. The molecule has 0 amide bonds. The van der Waals surface area contributed by atoms with Gasteiger partial charge < -0.3 is 9.84 Å². The molecule has 24 heavy (non-hydrogen) atoms. The first-order valence-corrected chi connectivity index (χ1v) is 7.79. The average molecular weight is 356 g/mol. The number of benzene rings is 2. The smallest absolute Gasteiger partial charge is 0.387 e. The fourth-order valence-corrected chi connectivity index (χ4v) is 2.86. The van der Waals surface area contributed by atoms with Crippen LogP contribution in [0.15, 0.2) is 36.4 Å². The third-order valence-corrected chi connectivity index (χ3v) is 4.39. The van der Waals surface area contributed by atoms with Crippen molar-refractivity contribution in [1.29, 1.82) is 0 Å². The van der Waals surface area contributed by atoms with Crippen LogP contribution in [0.25, 0.3) is 0 Å². The number of aryl methyl sites for hydroxylation is 2. The van der Waals surface area contributed by atoms with E-state index < -0.39 is 23.3 Å². The monoisotopic (exact) mass is 356 g/mol.